The quantitative estimate of drug-likeness (QED) is 0.458. The van der Waals surface area contributed by atoms with Gasteiger partial charge in [0.25, 0.3) is 0 Å². The van der Waals surface area contributed by atoms with Crippen molar-refractivity contribution < 1.29 is 28.9 Å². The number of ketones is 1. The van der Waals surface area contributed by atoms with Gasteiger partial charge in [-0.15, -0.1) is 0 Å². The molecule has 0 unspecified atom stereocenters. The second-order valence-electron chi connectivity index (χ2n) is 5.55. The van der Waals surface area contributed by atoms with E-state index in [0.717, 1.165) is 0 Å². The van der Waals surface area contributed by atoms with Crippen LogP contribution in [0.2, 0.25) is 0 Å². The average Bonchev–Trinajstić information content (AvgIpc) is 2.67. The van der Waals surface area contributed by atoms with Gasteiger partial charge in [-0.25, -0.2) is 0 Å². The molecule has 6 nitrogen and oxygen atoms in total. The highest BCUT2D eigenvalue weighted by molar-refractivity contribution is 5.99. The minimum atomic E-state index is -0.426. The zero-order chi connectivity index (χ0) is 19.3. The molecule has 0 aliphatic carbocycles. The molecule has 2 rings (SSSR count). The number of esters is 1. The SMILES string of the molecule is CCC(=O)Oc1c(OC)cc(C(=O)CC)cc1-c1ccc(O)c(OC)c1. The van der Waals surface area contributed by atoms with Crippen LogP contribution in [0.4, 0.5) is 0 Å². The van der Waals surface area contributed by atoms with Crippen molar-refractivity contribution in [2.24, 2.45) is 0 Å². The fraction of sp³-hybridized carbons (Fsp3) is 0.300. The van der Waals surface area contributed by atoms with E-state index in [9.17, 15) is 14.7 Å². The molecule has 0 spiro atoms. The number of benzene rings is 2. The predicted octanol–water partition coefficient (Wildman–Crippen LogP) is 3.98. The number of hydrogen-bond acceptors (Lipinski definition) is 6. The van der Waals surface area contributed by atoms with Gasteiger partial charge in [-0.1, -0.05) is 19.9 Å². The van der Waals surface area contributed by atoms with Crippen LogP contribution in [0.5, 0.6) is 23.0 Å². The van der Waals surface area contributed by atoms with Gasteiger partial charge in [-0.3, -0.25) is 9.59 Å². The first-order chi connectivity index (χ1) is 12.4. The van der Waals surface area contributed by atoms with Crippen molar-refractivity contribution in [1.29, 1.82) is 0 Å². The van der Waals surface area contributed by atoms with Crippen LogP contribution in [0.25, 0.3) is 11.1 Å². The average molecular weight is 358 g/mol. The minimum Gasteiger partial charge on any atom is -0.504 e. The number of rotatable bonds is 7. The first-order valence-corrected chi connectivity index (χ1v) is 8.28. The maximum absolute atomic E-state index is 12.2. The fourth-order valence-electron chi connectivity index (χ4n) is 2.47. The predicted molar refractivity (Wildman–Crippen MR) is 97.2 cm³/mol. The molecule has 0 saturated heterocycles. The van der Waals surface area contributed by atoms with Crippen LogP contribution < -0.4 is 14.2 Å². The fourth-order valence-corrected chi connectivity index (χ4v) is 2.47. The van der Waals surface area contributed by atoms with E-state index in [1.165, 1.54) is 20.3 Å². The van der Waals surface area contributed by atoms with Crippen molar-refractivity contribution in [2.45, 2.75) is 26.7 Å². The number of carbonyl (C=O) groups is 2. The topological polar surface area (TPSA) is 82.1 Å². The van der Waals surface area contributed by atoms with E-state index in [4.69, 9.17) is 14.2 Å². The van der Waals surface area contributed by atoms with E-state index in [1.54, 1.807) is 38.1 Å². The molecule has 0 bridgehead atoms. The van der Waals surface area contributed by atoms with E-state index in [0.29, 0.717) is 23.1 Å². The number of Topliss-reactive ketones (excluding diaryl/α,β-unsaturated/α-hetero) is 1. The number of phenols is 1. The molecule has 0 amide bonds. The monoisotopic (exact) mass is 358 g/mol. The van der Waals surface area contributed by atoms with Crippen molar-refractivity contribution in [2.75, 3.05) is 14.2 Å². The Kier molecular flexibility index (Phi) is 6.22. The molecule has 0 saturated carbocycles. The smallest absolute Gasteiger partial charge is 0.311 e. The number of aromatic hydroxyl groups is 1. The molecular formula is C20H22O6. The van der Waals surface area contributed by atoms with Crippen molar-refractivity contribution in [1.82, 2.24) is 0 Å². The molecule has 0 fully saturated rings. The number of hydrogen-bond donors (Lipinski definition) is 1. The van der Waals surface area contributed by atoms with Crippen LogP contribution in [-0.4, -0.2) is 31.1 Å². The largest absolute Gasteiger partial charge is 0.504 e. The lowest BCUT2D eigenvalue weighted by Gasteiger charge is -2.16. The van der Waals surface area contributed by atoms with Gasteiger partial charge in [0.2, 0.25) is 0 Å². The third-order valence-electron chi connectivity index (χ3n) is 3.91. The van der Waals surface area contributed by atoms with Crippen molar-refractivity contribution in [3.8, 4) is 34.1 Å². The molecule has 2 aromatic carbocycles. The number of ether oxygens (including phenoxy) is 3. The Morgan fingerprint density at radius 3 is 2.23 bits per heavy atom. The van der Waals surface area contributed by atoms with Gasteiger partial charge < -0.3 is 19.3 Å². The lowest BCUT2D eigenvalue weighted by atomic mass is 9.98. The first-order valence-electron chi connectivity index (χ1n) is 8.28. The molecule has 138 valence electrons. The van der Waals surface area contributed by atoms with Gasteiger partial charge in [-0.05, 0) is 29.8 Å². The second kappa shape index (κ2) is 8.38. The standard InChI is InChI=1S/C20H22O6/c1-5-15(21)13-9-14(12-7-8-16(22)17(10-12)24-3)20(18(11-13)25-4)26-19(23)6-2/h7-11,22H,5-6H2,1-4H3. The zero-order valence-corrected chi connectivity index (χ0v) is 15.3. The van der Waals surface area contributed by atoms with E-state index in [2.05, 4.69) is 0 Å². The van der Waals surface area contributed by atoms with E-state index in [1.807, 2.05) is 0 Å². The number of carbonyl (C=O) groups excluding carboxylic acids is 2. The first kappa shape index (κ1) is 19.3. The molecule has 6 heteroatoms. The molecule has 0 aliphatic rings. The third kappa shape index (κ3) is 3.96. The van der Waals surface area contributed by atoms with Crippen LogP contribution in [0, 0.1) is 0 Å². The molecule has 1 N–H and O–H groups in total. The molecule has 0 radical (unpaired) electrons. The Balaban J connectivity index is 2.73. The van der Waals surface area contributed by atoms with Gasteiger partial charge in [0.05, 0.1) is 14.2 Å². The second-order valence-corrected chi connectivity index (χ2v) is 5.55. The highest BCUT2D eigenvalue weighted by atomic mass is 16.6. The lowest BCUT2D eigenvalue weighted by Crippen LogP contribution is -2.09. The van der Waals surface area contributed by atoms with Gasteiger partial charge in [-0.2, -0.15) is 0 Å². The molecule has 26 heavy (non-hydrogen) atoms. The third-order valence-corrected chi connectivity index (χ3v) is 3.91. The normalized spacial score (nSPS) is 10.3. The summed E-state index contributed by atoms with van der Waals surface area (Å²) in [6.45, 7) is 3.45. The molecule has 0 atom stereocenters. The van der Waals surface area contributed by atoms with Crippen LogP contribution in [-0.2, 0) is 4.79 Å². The van der Waals surface area contributed by atoms with E-state index < -0.39 is 5.97 Å². The summed E-state index contributed by atoms with van der Waals surface area (Å²) in [5, 5.41) is 9.83. The van der Waals surface area contributed by atoms with Crippen LogP contribution in [0.1, 0.15) is 37.0 Å². The molecule has 2 aromatic rings. The molecule has 0 aromatic heterocycles. The summed E-state index contributed by atoms with van der Waals surface area (Å²) in [5.41, 5.74) is 1.56. The Hall–Kier alpha value is -3.02. The summed E-state index contributed by atoms with van der Waals surface area (Å²) < 4.78 is 16.0. The summed E-state index contributed by atoms with van der Waals surface area (Å²) in [6.07, 6.45) is 0.521. The van der Waals surface area contributed by atoms with Gasteiger partial charge >= 0.3 is 5.97 Å². The Bertz CT molecular complexity index is 825. The van der Waals surface area contributed by atoms with Crippen LogP contribution in [0.3, 0.4) is 0 Å². The van der Waals surface area contributed by atoms with Crippen molar-refractivity contribution >= 4 is 11.8 Å². The van der Waals surface area contributed by atoms with Crippen molar-refractivity contribution in [3.63, 3.8) is 0 Å². The molecular weight excluding hydrogens is 336 g/mol. The van der Waals surface area contributed by atoms with Gasteiger partial charge in [0.1, 0.15) is 0 Å². The van der Waals surface area contributed by atoms with Gasteiger partial charge in [0, 0.05) is 24.0 Å². The maximum atomic E-state index is 12.2. The van der Waals surface area contributed by atoms with E-state index in [-0.39, 0.29) is 35.2 Å². The molecule has 0 aliphatic heterocycles. The Morgan fingerprint density at radius 1 is 0.962 bits per heavy atom. The highest BCUT2D eigenvalue weighted by Gasteiger charge is 2.20. The number of phenolic OH excluding ortho intramolecular Hbond substituents is 1. The summed E-state index contributed by atoms with van der Waals surface area (Å²) >= 11 is 0. The minimum absolute atomic E-state index is 0.0175. The van der Waals surface area contributed by atoms with Crippen LogP contribution >= 0.6 is 0 Å². The van der Waals surface area contributed by atoms with Gasteiger partial charge in [0.15, 0.2) is 28.8 Å². The highest BCUT2D eigenvalue weighted by Crippen LogP contribution is 2.42. The molecule has 0 heterocycles. The lowest BCUT2D eigenvalue weighted by molar-refractivity contribution is -0.134. The zero-order valence-electron chi connectivity index (χ0n) is 15.3. The summed E-state index contributed by atoms with van der Waals surface area (Å²) in [6, 6.07) is 7.94. The van der Waals surface area contributed by atoms with E-state index >= 15 is 0 Å². The number of methoxy groups -OCH3 is 2. The maximum Gasteiger partial charge on any atom is 0.311 e. The van der Waals surface area contributed by atoms with Crippen LogP contribution in [0.15, 0.2) is 30.3 Å². The van der Waals surface area contributed by atoms with Crippen molar-refractivity contribution in [3.05, 3.63) is 35.9 Å². The Labute approximate surface area is 152 Å². The Morgan fingerprint density at radius 2 is 1.65 bits per heavy atom. The summed E-state index contributed by atoms with van der Waals surface area (Å²) in [4.78, 5) is 24.1. The summed E-state index contributed by atoms with van der Waals surface area (Å²) in [7, 11) is 2.88. The summed E-state index contributed by atoms with van der Waals surface area (Å²) in [5.74, 6) is 0.263.